The smallest absolute Gasteiger partial charge is 0.278 e. The molecule has 0 aliphatic carbocycles. The summed E-state index contributed by atoms with van der Waals surface area (Å²) in [5, 5.41) is 9.00. The molecule has 3 aromatic rings. The van der Waals surface area contributed by atoms with Gasteiger partial charge in [0.15, 0.2) is 0 Å². The second-order valence-corrected chi connectivity index (χ2v) is 10.8. The van der Waals surface area contributed by atoms with Gasteiger partial charge in [-0.3, -0.25) is 18.7 Å². The van der Waals surface area contributed by atoms with E-state index in [0.717, 1.165) is 17.1 Å². The first-order valence-electron chi connectivity index (χ1n) is 11.4. The molecule has 2 heterocycles. The fraction of sp³-hybridized carbons (Fsp3) is 0.222. The number of carbonyl (C=O) groups excluding carboxylic acids is 2. The van der Waals surface area contributed by atoms with E-state index in [9.17, 15) is 18.7 Å². The zero-order valence-electron chi connectivity index (χ0n) is 19.2. The second-order valence-electron chi connectivity index (χ2n) is 8.92. The fourth-order valence-corrected chi connectivity index (χ4v) is 6.55. The molecule has 1 saturated heterocycles. The number of carbonyl (C=O) groups is 2. The fourth-order valence-electron chi connectivity index (χ4n) is 4.84. The molecule has 0 bridgehead atoms. The third-order valence-corrected chi connectivity index (χ3v) is 8.64. The Kier molecular flexibility index (Phi) is 5.85. The van der Waals surface area contributed by atoms with E-state index in [0.29, 0.717) is 41.4 Å². The van der Waals surface area contributed by atoms with Gasteiger partial charge in [-0.1, -0.05) is 41.1 Å². The van der Waals surface area contributed by atoms with Gasteiger partial charge in [0.25, 0.3) is 11.8 Å². The number of nitrogens with zero attached hydrogens (tertiary/aromatic N) is 3. The highest BCUT2D eigenvalue weighted by Gasteiger charge is 2.43. The number of amides is 2. The largest absolute Gasteiger partial charge is 0.339 e. The van der Waals surface area contributed by atoms with Crippen molar-refractivity contribution in [1.29, 1.82) is 5.26 Å². The maximum Gasteiger partial charge on any atom is 0.278 e. The Labute approximate surface area is 205 Å². The topological polar surface area (TPSA) is 105 Å². The van der Waals surface area contributed by atoms with E-state index in [4.69, 9.17) is 5.26 Å². The summed E-state index contributed by atoms with van der Waals surface area (Å²) in [4.78, 5) is 28.4. The van der Waals surface area contributed by atoms with Crippen molar-refractivity contribution >= 4 is 28.3 Å². The van der Waals surface area contributed by atoms with Crippen molar-refractivity contribution < 1.29 is 18.7 Å². The Bertz CT molecular complexity index is 1360. The van der Waals surface area contributed by atoms with E-state index >= 15 is 0 Å². The quantitative estimate of drug-likeness (QED) is 0.502. The standard InChI is InChI=1S/C27H25N3O4S/c1-18-6-9-22(16-24(18)30-27(32)23-4-2-3-5-25(23)35(30,33)34)26(31)29-14-12-21(13-15-29)20-10-7-19(17-28)8-11-20/h2-11,16,21,33-34H,12-15H2,1H3. The van der Waals surface area contributed by atoms with Crippen LogP contribution in [0.2, 0.25) is 0 Å². The average Bonchev–Trinajstić information content (AvgIpc) is 3.09. The van der Waals surface area contributed by atoms with Gasteiger partial charge in [-0.25, -0.2) is 0 Å². The molecule has 0 unspecified atom stereocenters. The normalized spacial score (nSPS) is 18.2. The summed E-state index contributed by atoms with van der Waals surface area (Å²) in [6, 6.07) is 21.3. The number of benzene rings is 3. The number of likely N-dealkylation sites (tertiary alicyclic amines) is 1. The molecule has 2 amide bonds. The summed E-state index contributed by atoms with van der Waals surface area (Å²) in [7, 11) is -3.54. The van der Waals surface area contributed by atoms with Gasteiger partial charge in [0.05, 0.1) is 27.8 Å². The number of fused-ring (bicyclic) bond motifs is 1. The third-order valence-electron chi connectivity index (χ3n) is 6.82. The summed E-state index contributed by atoms with van der Waals surface area (Å²) < 4.78 is 22.9. The van der Waals surface area contributed by atoms with Crippen LogP contribution in [0.3, 0.4) is 0 Å². The first-order chi connectivity index (χ1) is 16.8. The molecule has 2 N–H and O–H groups in total. The minimum Gasteiger partial charge on any atom is -0.339 e. The Morgan fingerprint density at radius 2 is 1.71 bits per heavy atom. The van der Waals surface area contributed by atoms with Crippen molar-refractivity contribution in [2.75, 3.05) is 17.4 Å². The summed E-state index contributed by atoms with van der Waals surface area (Å²) >= 11 is 0. The van der Waals surface area contributed by atoms with Crippen LogP contribution in [0.15, 0.2) is 71.6 Å². The van der Waals surface area contributed by atoms with Crippen LogP contribution >= 0.6 is 10.8 Å². The maximum atomic E-state index is 13.3. The molecule has 178 valence electrons. The zero-order chi connectivity index (χ0) is 24.7. The van der Waals surface area contributed by atoms with Gasteiger partial charge in [-0.15, -0.1) is 0 Å². The molecule has 3 aromatic carbocycles. The van der Waals surface area contributed by atoms with Crippen molar-refractivity contribution in [1.82, 2.24) is 4.90 Å². The van der Waals surface area contributed by atoms with Crippen molar-refractivity contribution in [2.45, 2.75) is 30.6 Å². The molecule has 2 aliphatic heterocycles. The number of nitriles is 1. The van der Waals surface area contributed by atoms with Crippen molar-refractivity contribution in [3.8, 4) is 6.07 Å². The highest BCUT2D eigenvalue weighted by atomic mass is 32.3. The summed E-state index contributed by atoms with van der Waals surface area (Å²) in [6.45, 7) is 2.96. The van der Waals surface area contributed by atoms with E-state index in [1.54, 1.807) is 54.3 Å². The number of rotatable bonds is 3. The molecule has 1 fully saturated rings. The highest BCUT2D eigenvalue weighted by Crippen LogP contribution is 2.60. The third kappa shape index (κ3) is 3.98. The first-order valence-corrected chi connectivity index (χ1v) is 12.9. The van der Waals surface area contributed by atoms with Crippen molar-refractivity contribution in [2.24, 2.45) is 0 Å². The van der Waals surface area contributed by atoms with Crippen LogP contribution in [0.25, 0.3) is 0 Å². The predicted molar refractivity (Wildman–Crippen MR) is 135 cm³/mol. The average molecular weight is 488 g/mol. The minimum atomic E-state index is -3.54. The lowest BCUT2D eigenvalue weighted by molar-refractivity contribution is 0.0712. The van der Waals surface area contributed by atoms with Gasteiger partial charge >= 0.3 is 0 Å². The molecule has 8 heteroatoms. The number of hydrogen-bond donors (Lipinski definition) is 2. The lowest BCUT2D eigenvalue weighted by Gasteiger charge is -2.37. The molecule has 0 atom stereocenters. The molecule has 0 radical (unpaired) electrons. The van der Waals surface area contributed by atoms with Crippen LogP contribution in [0.5, 0.6) is 0 Å². The summed E-state index contributed by atoms with van der Waals surface area (Å²) in [5.74, 6) is -0.309. The van der Waals surface area contributed by atoms with Crippen molar-refractivity contribution in [3.63, 3.8) is 0 Å². The second kappa shape index (κ2) is 8.86. The van der Waals surface area contributed by atoms with Crippen LogP contribution in [-0.2, 0) is 0 Å². The van der Waals surface area contributed by atoms with Crippen LogP contribution in [0.1, 0.15) is 56.2 Å². The van der Waals surface area contributed by atoms with Gasteiger partial charge in [-0.2, -0.15) is 9.57 Å². The molecule has 0 spiro atoms. The molecule has 0 aromatic heterocycles. The molecule has 7 nitrogen and oxygen atoms in total. The van der Waals surface area contributed by atoms with Gasteiger partial charge in [0, 0.05) is 18.7 Å². The molecule has 2 aliphatic rings. The molecule has 5 rings (SSSR count). The van der Waals surface area contributed by atoms with E-state index in [-0.39, 0.29) is 16.4 Å². The Balaban J connectivity index is 1.35. The predicted octanol–water partition coefficient (Wildman–Crippen LogP) is 5.57. The SMILES string of the molecule is Cc1ccc(C(=O)N2CCC(c3ccc(C#N)cc3)CC2)cc1N1C(=O)c2ccccc2S1(O)O. The number of anilines is 1. The number of hydrogen-bond acceptors (Lipinski definition) is 5. The summed E-state index contributed by atoms with van der Waals surface area (Å²) in [6.07, 6.45) is 1.63. The van der Waals surface area contributed by atoms with Gasteiger partial charge in [-0.05, 0) is 73.2 Å². The van der Waals surface area contributed by atoms with Crippen molar-refractivity contribution in [3.05, 3.63) is 94.5 Å². The molecule has 35 heavy (non-hydrogen) atoms. The maximum absolute atomic E-state index is 13.3. The molecular formula is C27H25N3O4S. The van der Waals surface area contributed by atoms with Gasteiger partial charge in [0.2, 0.25) is 0 Å². The van der Waals surface area contributed by atoms with Crippen LogP contribution in [0.4, 0.5) is 5.69 Å². The molecular weight excluding hydrogens is 462 g/mol. The first kappa shape index (κ1) is 23.1. The summed E-state index contributed by atoms with van der Waals surface area (Å²) in [5.41, 5.74) is 3.46. The van der Waals surface area contributed by atoms with Gasteiger partial charge in [0.1, 0.15) is 0 Å². The lowest BCUT2D eigenvalue weighted by Crippen LogP contribution is -2.38. The number of piperidine rings is 1. The minimum absolute atomic E-state index is 0.148. The van der Waals surface area contributed by atoms with E-state index in [1.165, 1.54) is 5.56 Å². The Morgan fingerprint density at radius 3 is 2.37 bits per heavy atom. The van der Waals surface area contributed by atoms with E-state index in [2.05, 4.69) is 6.07 Å². The van der Waals surface area contributed by atoms with E-state index < -0.39 is 16.7 Å². The monoisotopic (exact) mass is 487 g/mol. The van der Waals surface area contributed by atoms with Crippen LogP contribution < -0.4 is 4.31 Å². The molecule has 0 saturated carbocycles. The lowest BCUT2D eigenvalue weighted by atomic mass is 9.89. The zero-order valence-corrected chi connectivity index (χ0v) is 20.0. The highest BCUT2D eigenvalue weighted by molar-refractivity contribution is 8.26. The van der Waals surface area contributed by atoms with Crippen LogP contribution in [0, 0.1) is 18.3 Å². The Hall–Kier alpha value is -3.64. The van der Waals surface area contributed by atoms with E-state index in [1.807, 2.05) is 24.3 Å². The van der Waals surface area contributed by atoms with Crippen LogP contribution in [-0.4, -0.2) is 38.9 Å². The Morgan fingerprint density at radius 1 is 1.03 bits per heavy atom. The number of aryl methyl sites for hydroxylation is 1. The van der Waals surface area contributed by atoms with Gasteiger partial charge < -0.3 is 4.90 Å².